The molecule has 0 aliphatic rings. The van der Waals surface area contributed by atoms with E-state index in [2.05, 4.69) is 4.98 Å². The number of hydrogen-bond donors (Lipinski definition) is 0. The average molecular weight is 239 g/mol. The zero-order valence-electron chi connectivity index (χ0n) is 7.68. The molecule has 0 amide bonds. The number of furan rings is 1. The fraction of sp³-hybridized carbons (Fsp3) is 0.100. The van der Waals surface area contributed by atoms with Gasteiger partial charge in [0.15, 0.2) is 10.7 Å². The maximum atomic E-state index is 5.85. The van der Waals surface area contributed by atoms with E-state index in [1.165, 1.54) is 0 Å². The van der Waals surface area contributed by atoms with Gasteiger partial charge in [0.1, 0.15) is 5.69 Å². The maximum Gasteiger partial charge on any atom is 0.194 e. The molecular formula is C10H7ClN2OS. The molecule has 0 N–H and O–H groups in total. The number of alkyl halides is 1. The Hall–Kier alpha value is -1.26. The SMILES string of the molecule is ClCc1cnc2scc(-c3ccco3)n12. The molecule has 3 aromatic heterocycles. The van der Waals surface area contributed by atoms with Crippen molar-refractivity contribution in [3.05, 3.63) is 35.7 Å². The Labute approximate surface area is 94.9 Å². The Bertz CT molecular complexity index is 582. The van der Waals surface area contributed by atoms with Gasteiger partial charge in [-0.05, 0) is 12.1 Å². The Morgan fingerprint density at radius 2 is 2.47 bits per heavy atom. The van der Waals surface area contributed by atoms with Crippen LogP contribution >= 0.6 is 22.9 Å². The lowest BCUT2D eigenvalue weighted by atomic mass is 10.3. The van der Waals surface area contributed by atoms with E-state index < -0.39 is 0 Å². The van der Waals surface area contributed by atoms with Crippen molar-refractivity contribution in [3.63, 3.8) is 0 Å². The van der Waals surface area contributed by atoms with E-state index >= 15 is 0 Å². The van der Waals surface area contributed by atoms with Crippen LogP contribution in [0.2, 0.25) is 0 Å². The first-order chi connectivity index (χ1) is 7.40. The lowest BCUT2D eigenvalue weighted by Gasteiger charge is -1.97. The number of hydrogen-bond acceptors (Lipinski definition) is 3. The molecule has 0 saturated heterocycles. The van der Waals surface area contributed by atoms with Crippen molar-refractivity contribution in [3.8, 4) is 11.5 Å². The highest BCUT2D eigenvalue weighted by Gasteiger charge is 2.12. The molecule has 0 spiro atoms. The number of rotatable bonds is 2. The Morgan fingerprint density at radius 3 is 3.20 bits per heavy atom. The second kappa shape index (κ2) is 3.40. The highest BCUT2D eigenvalue weighted by atomic mass is 35.5. The van der Waals surface area contributed by atoms with Gasteiger partial charge in [0.25, 0.3) is 0 Å². The third-order valence-electron chi connectivity index (χ3n) is 2.23. The summed E-state index contributed by atoms with van der Waals surface area (Å²) in [7, 11) is 0. The van der Waals surface area contributed by atoms with Crippen LogP contribution in [0.3, 0.4) is 0 Å². The van der Waals surface area contributed by atoms with Gasteiger partial charge in [-0.2, -0.15) is 0 Å². The molecule has 76 valence electrons. The van der Waals surface area contributed by atoms with Crippen LogP contribution in [0.15, 0.2) is 34.4 Å². The zero-order valence-corrected chi connectivity index (χ0v) is 9.26. The molecule has 0 aliphatic carbocycles. The minimum absolute atomic E-state index is 0.450. The fourth-order valence-electron chi connectivity index (χ4n) is 1.56. The number of aromatic nitrogens is 2. The smallest absolute Gasteiger partial charge is 0.194 e. The van der Waals surface area contributed by atoms with Crippen molar-refractivity contribution >= 4 is 27.9 Å². The van der Waals surface area contributed by atoms with Gasteiger partial charge >= 0.3 is 0 Å². The van der Waals surface area contributed by atoms with E-state index in [1.807, 2.05) is 21.9 Å². The molecule has 0 aromatic carbocycles. The molecule has 0 atom stereocenters. The largest absolute Gasteiger partial charge is 0.463 e. The van der Waals surface area contributed by atoms with Crippen LogP contribution in [0.4, 0.5) is 0 Å². The molecular weight excluding hydrogens is 232 g/mol. The Balaban J connectivity index is 2.31. The third-order valence-corrected chi connectivity index (χ3v) is 3.34. The summed E-state index contributed by atoms with van der Waals surface area (Å²) in [4.78, 5) is 5.22. The lowest BCUT2D eigenvalue weighted by molar-refractivity contribution is 0.579. The summed E-state index contributed by atoms with van der Waals surface area (Å²) in [5.74, 6) is 1.29. The van der Waals surface area contributed by atoms with E-state index in [-0.39, 0.29) is 0 Å². The van der Waals surface area contributed by atoms with Gasteiger partial charge in [-0.3, -0.25) is 4.40 Å². The first-order valence-corrected chi connectivity index (χ1v) is 5.85. The van der Waals surface area contributed by atoms with E-state index in [0.717, 1.165) is 22.1 Å². The van der Waals surface area contributed by atoms with Gasteiger partial charge in [-0.25, -0.2) is 4.98 Å². The molecule has 3 rings (SSSR count). The standard InChI is InChI=1S/C10H7ClN2OS/c11-4-7-5-12-10-13(7)8(6-15-10)9-2-1-3-14-9/h1-3,5-6H,4H2. The molecule has 3 heterocycles. The first kappa shape index (κ1) is 9.00. The molecule has 5 heteroatoms. The lowest BCUT2D eigenvalue weighted by Crippen LogP contribution is -1.89. The Morgan fingerprint density at radius 1 is 1.53 bits per heavy atom. The maximum absolute atomic E-state index is 5.85. The number of fused-ring (bicyclic) bond motifs is 1. The summed E-state index contributed by atoms with van der Waals surface area (Å²) in [5.41, 5.74) is 1.99. The van der Waals surface area contributed by atoms with Gasteiger partial charge in [-0.1, -0.05) is 0 Å². The van der Waals surface area contributed by atoms with Crippen molar-refractivity contribution in [2.24, 2.45) is 0 Å². The zero-order chi connectivity index (χ0) is 10.3. The van der Waals surface area contributed by atoms with Crippen LogP contribution in [-0.2, 0) is 5.88 Å². The van der Waals surface area contributed by atoms with Crippen LogP contribution in [0, 0.1) is 0 Å². The van der Waals surface area contributed by atoms with Crippen molar-refractivity contribution in [1.29, 1.82) is 0 Å². The predicted molar refractivity (Wildman–Crippen MR) is 60.3 cm³/mol. The topological polar surface area (TPSA) is 30.4 Å². The van der Waals surface area contributed by atoms with Gasteiger partial charge in [-0.15, -0.1) is 22.9 Å². The van der Waals surface area contributed by atoms with Crippen LogP contribution in [0.5, 0.6) is 0 Å². The summed E-state index contributed by atoms with van der Waals surface area (Å²) >= 11 is 7.43. The molecule has 3 aromatic rings. The molecule has 15 heavy (non-hydrogen) atoms. The van der Waals surface area contributed by atoms with Crippen molar-refractivity contribution < 1.29 is 4.42 Å². The highest BCUT2D eigenvalue weighted by molar-refractivity contribution is 7.15. The summed E-state index contributed by atoms with van der Waals surface area (Å²) in [6, 6.07) is 3.80. The van der Waals surface area contributed by atoms with E-state index in [9.17, 15) is 0 Å². The predicted octanol–water partition coefficient (Wildman–Crippen LogP) is 3.39. The third kappa shape index (κ3) is 1.29. The number of thiazole rings is 1. The van der Waals surface area contributed by atoms with Crippen molar-refractivity contribution in [2.45, 2.75) is 5.88 Å². The summed E-state index contributed by atoms with van der Waals surface area (Å²) in [6.45, 7) is 0. The van der Waals surface area contributed by atoms with Crippen LogP contribution < -0.4 is 0 Å². The quantitative estimate of drug-likeness (QED) is 0.641. The number of nitrogens with zero attached hydrogens (tertiary/aromatic N) is 2. The monoisotopic (exact) mass is 238 g/mol. The van der Waals surface area contributed by atoms with E-state index in [0.29, 0.717) is 5.88 Å². The van der Waals surface area contributed by atoms with Gasteiger partial charge in [0, 0.05) is 5.38 Å². The van der Waals surface area contributed by atoms with Crippen molar-refractivity contribution in [2.75, 3.05) is 0 Å². The minimum Gasteiger partial charge on any atom is -0.463 e. The average Bonchev–Trinajstić information content (AvgIpc) is 2.94. The van der Waals surface area contributed by atoms with Crippen LogP contribution in [0.1, 0.15) is 5.69 Å². The van der Waals surface area contributed by atoms with E-state index in [1.54, 1.807) is 23.8 Å². The van der Waals surface area contributed by atoms with Gasteiger partial charge in [0.2, 0.25) is 0 Å². The molecule has 0 fully saturated rings. The second-order valence-corrected chi connectivity index (χ2v) is 4.20. The van der Waals surface area contributed by atoms with Gasteiger partial charge in [0.05, 0.1) is 24.0 Å². The molecule has 3 nitrogen and oxygen atoms in total. The summed E-state index contributed by atoms with van der Waals surface area (Å²) < 4.78 is 7.39. The molecule has 0 saturated carbocycles. The van der Waals surface area contributed by atoms with Crippen LogP contribution in [0.25, 0.3) is 16.4 Å². The highest BCUT2D eigenvalue weighted by Crippen LogP contribution is 2.27. The molecule has 0 unspecified atom stereocenters. The number of imidazole rings is 1. The van der Waals surface area contributed by atoms with Crippen LogP contribution in [-0.4, -0.2) is 9.38 Å². The summed E-state index contributed by atoms with van der Waals surface area (Å²) in [5, 5.41) is 2.03. The summed E-state index contributed by atoms with van der Waals surface area (Å²) in [6.07, 6.45) is 3.46. The fourth-order valence-corrected chi connectivity index (χ4v) is 2.62. The molecule has 0 bridgehead atoms. The molecule has 0 radical (unpaired) electrons. The second-order valence-electron chi connectivity index (χ2n) is 3.10. The number of halogens is 1. The van der Waals surface area contributed by atoms with Gasteiger partial charge < -0.3 is 4.42 Å². The normalized spacial score (nSPS) is 11.3. The van der Waals surface area contributed by atoms with E-state index in [4.69, 9.17) is 16.0 Å². The van der Waals surface area contributed by atoms with Crippen molar-refractivity contribution in [1.82, 2.24) is 9.38 Å². The first-order valence-electron chi connectivity index (χ1n) is 4.44. The minimum atomic E-state index is 0.450. The Kier molecular flexibility index (Phi) is 2.04. The molecule has 0 aliphatic heterocycles.